The van der Waals surface area contributed by atoms with Crippen LogP contribution in [0.1, 0.15) is 25.5 Å². The molecule has 20 heavy (non-hydrogen) atoms. The van der Waals surface area contributed by atoms with Gasteiger partial charge in [0.25, 0.3) is 0 Å². The normalized spacial score (nSPS) is 18.9. The van der Waals surface area contributed by atoms with Gasteiger partial charge in [-0.05, 0) is 19.3 Å². The molecule has 2 N–H and O–H groups in total. The zero-order valence-electron chi connectivity index (χ0n) is 11.8. The van der Waals surface area contributed by atoms with E-state index in [1.165, 1.54) is 0 Å². The van der Waals surface area contributed by atoms with E-state index in [0.29, 0.717) is 18.7 Å². The Morgan fingerprint density at radius 3 is 2.95 bits per heavy atom. The molecule has 2 heterocycles. The molecule has 0 aromatic carbocycles. The van der Waals surface area contributed by atoms with Crippen LogP contribution in [0, 0.1) is 5.92 Å². The van der Waals surface area contributed by atoms with Crippen LogP contribution < -0.4 is 5.32 Å². The number of hydrogen-bond donors (Lipinski definition) is 2. The average molecular weight is 280 g/mol. The molecule has 1 fully saturated rings. The van der Waals surface area contributed by atoms with Crippen molar-refractivity contribution in [2.45, 2.75) is 26.2 Å². The number of nitrogens with zero attached hydrogens (tertiary/aromatic N) is 3. The van der Waals surface area contributed by atoms with Crippen molar-refractivity contribution >= 4 is 17.7 Å². The van der Waals surface area contributed by atoms with Crippen LogP contribution in [0.3, 0.4) is 0 Å². The van der Waals surface area contributed by atoms with Gasteiger partial charge in [0.15, 0.2) is 0 Å². The molecule has 0 saturated carbocycles. The summed E-state index contributed by atoms with van der Waals surface area (Å²) in [6.45, 7) is 2.83. The Morgan fingerprint density at radius 1 is 1.55 bits per heavy atom. The standard InChI is InChI=1S/C13H20N4O3/c1-3-10-11(8-16(2)15-10)14-13(20)17-6-4-5-9(7-17)12(18)19/h8-9H,3-7H2,1-2H3,(H,14,20)(H,18,19). The van der Waals surface area contributed by atoms with Crippen LogP contribution in [0.4, 0.5) is 10.5 Å². The summed E-state index contributed by atoms with van der Waals surface area (Å²) in [7, 11) is 1.80. The van der Waals surface area contributed by atoms with Crippen molar-refractivity contribution < 1.29 is 14.7 Å². The molecule has 0 spiro atoms. The van der Waals surface area contributed by atoms with E-state index in [-0.39, 0.29) is 12.6 Å². The highest BCUT2D eigenvalue weighted by molar-refractivity contribution is 5.90. The summed E-state index contributed by atoms with van der Waals surface area (Å²) in [6, 6.07) is -0.251. The lowest BCUT2D eigenvalue weighted by molar-refractivity contribution is -0.143. The van der Waals surface area contributed by atoms with Gasteiger partial charge < -0.3 is 15.3 Å². The van der Waals surface area contributed by atoms with Crippen molar-refractivity contribution in [1.29, 1.82) is 0 Å². The monoisotopic (exact) mass is 280 g/mol. The molecule has 1 aliphatic rings. The van der Waals surface area contributed by atoms with Gasteiger partial charge in [-0.15, -0.1) is 0 Å². The van der Waals surface area contributed by atoms with E-state index in [1.807, 2.05) is 6.92 Å². The second kappa shape index (κ2) is 5.94. The summed E-state index contributed by atoms with van der Waals surface area (Å²) >= 11 is 0. The second-order valence-corrected chi connectivity index (χ2v) is 5.07. The Hall–Kier alpha value is -2.05. The summed E-state index contributed by atoms with van der Waals surface area (Å²) in [5.41, 5.74) is 1.52. The topological polar surface area (TPSA) is 87.5 Å². The number of amides is 2. The van der Waals surface area contributed by atoms with Crippen molar-refractivity contribution in [1.82, 2.24) is 14.7 Å². The van der Waals surface area contributed by atoms with Gasteiger partial charge in [0, 0.05) is 26.3 Å². The van der Waals surface area contributed by atoms with Gasteiger partial charge in [-0.2, -0.15) is 5.10 Å². The first-order valence-electron chi connectivity index (χ1n) is 6.82. The van der Waals surface area contributed by atoms with Crippen molar-refractivity contribution in [3.05, 3.63) is 11.9 Å². The smallest absolute Gasteiger partial charge is 0.321 e. The van der Waals surface area contributed by atoms with Crippen LogP contribution in [0.25, 0.3) is 0 Å². The lowest BCUT2D eigenvalue weighted by Gasteiger charge is -2.30. The number of piperidine rings is 1. The molecule has 0 bridgehead atoms. The molecular formula is C13H20N4O3. The Morgan fingerprint density at radius 2 is 2.30 bits per heavy atom. The van der Waals surface area contributed by atoms with Gasteiger partial charge in [-0.3, -0.25) is 9.48 Å². The summed E-state index contributed by atoms with van der Waals surface area (Å²) < 4.78 is 1.66. The number of carbonyl (C=O) groups is 2. The second-order valence-electron chi connectivity index (χ2n) is 5.07. The van der Waals surface area contributed by atoms with Crippen LogP contribution in [-0.2, 0) is 18.3 Å². The van der Waals surface area contributed by atoms with Gasteiger partial charge in [-0.25, -0.2) is 4.79 Å². The quantitative estimate of drug-likeness (QED) is 0.874. The number of carboxylic acid groups (broad SMARTS) is 1. The number of carbonyl (C=O) groups excluding carboxylic acids is 1. The number of urea groups is 1. The first-order valence-corrected chi connectivity index (χ1v) is 6.82. The molecule has 2 amide bonds. The van der Waals surface area contributed by atoms with Gasteiger partial charge in [0.1, 0.15) is 0 Å². The number of rotatable bonds is 3. The molecule has 1 unspecified atom stereocenters. The van der Waals surface area contributed by atoms with Crippen LogP contribution in [0.15, 0.2) is 6.20 Å². The maximum absolute atomic E-state index is 12.2. The van der Waals surface area contributed by atoms with E-state index in [2.05, 4.69) is 10.4 Å². The van der Waals surface area contributed by atoms with E-state index in [9.17, 15) is 9.59 Å². The highest BCUT2D eigenvalue weighted by atomic mass is 16.4. The summed E-state index contributed by atoms with van der Waals surface area (Å²) in [5.74, 6) is -1.30. The highest BCUT2D eigenvalue weighted by Crippen LogP contribution is 2.19. The number of anilines is 1. The molecule has 0 radical (unpaired) electrons. The molecular weight excluding hydrogens is 260 g/mol. The van der Waals surface area contributed by atoms with Crippen molar-refractivity contribution in [2.24, 2.45) is 13.0 Å². The third-order valence-electron chi connectivity index (χ3n) is 3.54. The lowest BCUT2D eigenvalue weighted by Crippen LogP contribution is -2.44. The number of aryl methyl sites for hydroxylation is 2. The summed E-state index contributed by atoms with van der Waals surface area (Å²) in [5, 5.41) is 16.1. The zero-order valence-corrected chi connectivity index (χ0v) is 11.8. The summed E-state index contributed by atoms with van der Waals surface area (Å²) in [6.07, 6.45) is 3.84. The van der Waals surface area contributed by atoms with Gasteiger partial charge in [0.2, 0.25) is 0 Å². The van der Waals surface area contributed by atoms with Crippen LogP contribution in [-0.4, -0.2) is 44.9 Å². The summed E-state index contributed by atoms with van der Waals surface area (Å²) in [4.78, 5) is 24.8. The lowest BCUT2D eigenvalue weighted by atomic mass is 9.99. The molecule has 1 saturated heterocycles. The van der Waals surface area contributed by atoms with Gasteiger partial charge >= 0.3 is 12.0 Å². The minimum atomic E-state index is -0.835. The van der Waals surface area contributed by atoms with Crippen molar-refractivity contribution in [2.75, 3.05) is 18.4 Å². The number of aliphatic carboxylic acids is 1. The largest absolute Gasteiger partial charge is 0.481 e. The molecule has 7 nitrogen and oxygen atoms in total. The number of hydrogen-bond acceptors (Lipinski definition) is 3. The minimum Gasteiger partial charge on any atom is -0.481 e. The number of carboxylic acids is 1. The van der Waals surface area contributed by atoms with E-state index in [4.69, 9.17) is 5.11 Å². The van der Waals surface area contributed by atoms with Crippen LogP contribution >= 0.6 is 0 Å². The average Bonchev–Trinajstić information content (AvgIpc) is 2.78. The fourth-order valence-corrected chi connectivity index (χ4v) is 2.46. The SMILES string of the molecule is CCc1nn(C)cc1NC(=O)N1CCCC(C(=O)O)C1. The van der Waals surface area contributed by atoms with Crippen LogP contribution in [0.5, 0.6) is 0 Å². The zero-order chi connectivity index (χ0) is 14.7. The molecule has 1 aromatic heterocycles. The number of aromatic nitrogens is 2. The highest BCUT2D eigenvalue weighted by Gasteiger charge is 2.28. The molecule has 110 valence electrons. The molecule has 1 aliphatic heterocycles. The fraction of sp³-hybridized carbons (Fsp3) is 0.615. The van der Waals surface area contributed by atoms with Gasteiger partial charge in [-0.1, -0.05) is 6.92 Å². The van der Waals surface area contributed by atoms with E-state index < -0.39 is 11.9 Å². The third kappa shape index (κ3) is 3.09. The Kier molecular flexibility index (Phi) is 4.26. The van der Waals surface area contributed by atoms with Gasteiger partial charge in [0.05, 0.1) is 17.3 Å². The predicted molar refractivity (Wildman–Crippen MR) is 73.5 cm³/mol. The maximum Gasteiger partial charge on any atom is 0.321 e. The molecule has 1 atom stereocenters. The predicted octanol–water partition coefficient (Wildman–Crippen LogP) is 1.31. The van der Waals surface area contributed by atoms with Crippen LogP contribution in [0.2, 0.25) is 0 Å². The first kappa shape index (κ1) is 14.4. The van der Waals surface area contributed by atoms with E-state index >= 15 is 0 Å². The van der Waals surface area contributed by atoms with Crippen molar-refractivity contribution in [3.8, 4) is 0 Å². The van der Waals surface area contributed by atoms with Crippen molar-refractivity contribution in [3.63, 3.8) is 0 Å². The Balaban J connectivity index is 2.02. The molecule has 1 aromatic rings. The maximum atomic E-state index is 12.2. The number of likely N-dealkylation sites (tertiary alicyclic amines) is 1. The number of nitrogens with one attached hydrogen (secondary N) is 1. The molecule has 2 rings (SSSR count). The molecule has 7 heteroatoms. The van der Waals surface area contributed by atoms with E-state index in [1.54, 1.807) is 22.8 Å². The Bertz CT molecular complexity index is 512. The molecule has 0 aliphatic carbocycles. The van der Waals surface area contributed by atoms with E-state index in [0.717, 1.165) is 18.5 Å². The minimum absolute atomic E-state index is 0.251. The first-order chi connectivity index (χ1) is 9.51. The fourth-order valence-electron chi connectivity index (χ4n) is 2.46. The Labute approximate surface area is 117 Å². The third-order valence-corrected chi connectivity index (χ3v) is 3.54.